The lowest BCUT2D eigenvalue weighted by molar-refractivity contribution is -0.136. The molecule has 3 N–H and O–H groups in total. The molecule has 116 valence electrons. The van der Waals surface area contributed by atoms with Gasteiger partial charge in [-0.15, -0.1) is 0 Å². The Morgan fingerprint density at radius 2 is 2.10 bits per heavy atom. The summed E-state index contributed by atoms with van der Waals surface area (Å²) < 4.78 is 38.4. The van der Waals surface area contributed by atoms with Gasteiger partial charge in [-0.2, -0.15) is 13.2 Å². The van der Waals surface area contributed by atoms with Crippen LogP contribution < -0.4 is 11.1 Å². The van der Waals surface area contributed by atoms with Gasteiger partial charge in [0.1, 0.15) is 0 Å². The highest BCUT2D eigenvalue weighted by Crippen LogP contribution is 2.36. The Bertz CT molecular complexity index is 524. The summed E-state index contributed by atoms with van der Waals surface area (Å²) in [4.78, 5) is 12.2. The molecule has 1 aliphatic carbocycles. The Labute approximate surface area is 121 Å². The van der Waals surface area contributed by atoms with Crippen LogP contribution in [0.2, 0.25) is 0 Å². The van der Waals surface area contributed by atoms with E-state index in [2.05, 4.69) is 5.32 Å². The Hall–Kier alpha value is -1.72. The standard InChI is InChI=1S/C15H19F3N2O/c1-2-10(8-9-6-7-9)20-14(21)11-4-3-5-12(13(11)19)15(16,17)18/h3-5,9-10H,2,6-8,19H2,1H3,(H,20,21). The van der Waals surface area contributed by atoms with E-state index in [1.54, 1.807) is 0 Å². The number of anilines is 1. The van der Waals surface area contributed by atoms with Crippen molar-refractivity contribution in [3.8, 4) is 0 Å². The molecule has 3 nitrogen and oxygen atoms in total. The van der Waals surface area contributed by atoms with E-state index in [-0.39, 0.29) is 11.6 Å². The van der Waals surface area contributed by atoms with Gasteiger partial charge in [0, 0.05) is 6.04 Å². The van der Waals surface area contributed by atoms with Crippen molar-refractivity contribution in [2.24, 2.45) is 5.92 Å². The second-order valence-corrected chi connectivity index (χ2v) is 5.52. The van der Waals surface area contributed by atoms with Crippen LogP contribution in [0.5, 0.6) is 0 Å². The molecular formula is C15H19F3N2O. The molecule has 21 heavy (non-hydrogen) atoms. The van der Waals surface area contributed by atoms with Crippen molar-refractivity contribution >= 4 is 11.6 Å². The number of alkyl halides is 3. The second kappa shape index (κ2) is 5.95. The molecule has 1 unspecified atom stereocenters. The number of carbonyl (C=O) groups excluding carboxylic acids is 1. The summed E-state index contributed by atoms with van der Waals surface area (Å²) in [6.07, 6.45) is -0.600. The Balaban J connectivity index is 2.14. The van der Waals surface area contributed by atoms with E-state index in [1.807, 2.05) is 6.92 Å². The van der Waals surface area contributed by atoms with E-state index in [1.165, 1.54) is 12.1 Å². The van der Waals surface area contributed by atoms with Gasteiger partial charge in [0.15, 0.2) is 0 Å². The largest absolute Gasteiger partial charge is 0.418 e. The third-order valence-corrected chi connectivity index (χ3v) is 3.80. The highest BCUT2D eigenvalue weighted by Gasteiger charge is 2.34. The fourth-order valence-corrected chi connectivity index (χ4v) is 2.36. The first-order valence-corrected chi connectivity index (χ1v) is 7.09. The fraction of sp³-hybridized carbons (Fsp3) is 0.533. The molecule has 1 fully saturated rings. The number of nitrogens with two attached hydrogens (primary N) is 1. The predicted octanol–water partition coefficient (Wildman–Crippen LogP) is 3.60. The van der Waals surface area contributed by atoms with Crippen molar-refractivity contribution in [2.75, 3.05) is 5.73 Å². The minimum atomic E-state index is -4.56. The van der Waals surface area contributed by atoms with Gasteiger partial charge in [0.05, 0.1) is 16.8 Å². The summed E-state index contributed by atoms with van der Waals surface area (Å²) in [7, 11) is 0. The number of rotatable bonds is 5. The maximum Gasteiger partial charge on any atom is 0.418 e. The van der Waals surface area contributed by atoms with Crippen LogP contribution >= 0.6 is 0 Å². The van der Waals surface area contributed by atoms with Crippen molar-refractivity contribution in [2.45, 2.75) is 44.8 Å². The number of hydrogen-bond acceptors (Lipinski definition) is 2. The zero-order valence-corrected chi connectivity index (χ0v) is 11.8. The van der Waals surface area contributed by atoms with Crippen LogP contribution in [0.25, 0.3) is 0 Å². The number of benzene rings is 1. The van der Waals surface area contributed by atoms with E-state index < -0.39 is 23.3 Å². The number of nitrogen functional groups attached to an aromatic ring is 1. The third-order valence-electron chi connectivity index (χ3n) is 3.80. The number of nitrogens with one attached hydrogen (secondary N) is 1. The molecule has 1 aromatic carbocycles. The predicted molar refractivity (Wildman–Crippen MR) is 74.7 cm³/mol. The molecule has 0 radical (unpaired) electrons. The van der Waals surface area contributed by atoms with Crippen molar-refractivity contribution < 1.29 is 18.0 Å². The Kier molecular flexibility index (Phi) is 4.44. The summed E-state index contributed by atoms with van der Waals surface area (Å²) in [5, 5.41) is 2.79. The molecule has 1 atom stereocenters. The van der Waals surface area contributed by atoms with E-state index in [4.69, 9.17) is 5.73 Å². The summed E-state index contributed by atoms with van der Waals surface area (Å²) in [6.45, 7) is 1.95. The van der Waals surface area contributed by atoms with Crippen LogP contribution in [0.3, 0.4) is 0 Å². The van der Waals surface area contributed by atoms with E-state index >= 15 is 0 Å². The molecule has 0 saturated heterocycles. The molecule has 6 heteroatoms. The number of carbonyl (C=O) groups is 1. The lowest BCUT2D eigenvalue weighted by Gasteiger charge is -2.18. The lowest BCUT2D eigenvalue weighted by atomic mass is 10.0. The average Bonchev–Trinajstić information content (AvgIpc) is 3.20. The first-order valence-electron chi connectivity index (χ1n) is 7.09. The first kappa shape index (κ1) is 15.7. The quantitative estimate of drug-likeness (QED) is 0.816. The van der Waals surface area contributed by atoms with Crippen LogP contribution in [-0.4, -0.2) is 11.9 Å². The zero-order chi connectivity index (χ0) is 15.6. The van der Waals surface area contributed by atoms with Crippen LogP contribution in [0.15, 0.2) is 18.2 Å². The van der Waals surface area contributed by atoms with Crippen LogP contribution in [0.1, 0.15) is 48.5 Å². The molecule has 1 saturated carbocycles. The first-order chi connectivity index (χ1) is 9.82. The number of hydrogen-bond donors (Lipinski definition) is 2. The second-order valence-electron chi connectivity index (χ2n) is 5.52. The minimum Gasteiger partial charge on any atom is -0.398 e. The smallest absolute Gasteiger partial charge is 0.398 e. The van der Waals surface area contributed by atoms with Crippen LogP contribution in [-0.2, 0) is 6.18 Å². The Morgan fingerprint density at radius 3 is 2.62 bits per heavy atom. The molecule has 0 spiro atoms. The maximum atomic E-state index is 12.8. The highest BCUT2D eigenvalue weighted by molar-refractivity contribution is 6.00. The molecule has 1 aromatic rings. The van der Waals surface area contributed by atoms with Gasteiger partial charge >= 0.3 is 6.18 Å². The molecule has 1 amide bonds. The van der Waals surface area contributed by atoms with E-state index in [0.29, 0.717) is 5.92 Å². The van der Waals surface area contributed by atoms with Gasteiger partial charge in [-0.3, -0.25) is 4.79 Å². The topological polar surface area (TPSA) is 55.1 Å². The van der Waals surface area contributed by atoms with Gasteiger partial charge in [-0.05, 0) is 30.9 Å². The summed E-state index contributed by atoms with van der Waals surface area (Å²) in [6, 6.07) is 3.40. The van der Waals surface area contributed by atoms with Gasteiger partial charge in [-0.1, -0.05) is 25.8 Å². The van der Waals surface area contributed by atoms with E-state index in [0.717, 1.165) is 31.7 Å². The maximum absolute atomic E-state index is 12.8. The summed E-state index contributed by atoms with van der Waals surface area (Å²) >= 11 is 0. The molecular weight excluding hydrogens is 281 g/mol. The Morgan fingerprint density at radius 1 is 1.43 bits per heavy atom. The van der Waals surface area contributed by atoms with Gasteiger partial charge < -0.3 is 11.1 Å². The molecule has 2 rings (SSSR count). The van der Waals surface area contributed by atoms with Gasteiger partial charge in [-0.25, -0.2) is 0 Å². The van der Waals surface area contributed by atoms with Crippen LogP contribution in [0.4, 0.5) is 18.9 Å². The average molecular weight is 300 g/mol. The van der Waals surface area contributed by atoms with Gasteiger partial charge in [0.2, 0.25) is 0 Å². The lowest BCUT2D eigenvalue weighted by Crippen LogP contribution is -2.35. The SMILES string of the molecule is CCC(CC1CC1)NC(=O)c1cccc(C(F)(F)F)c1N. The number of halogens is 3. The van der Waals surface area contributed by atoms with Crippen molar-refractivity contribution in [3.05, 3.63) is 29.3 Å². The third kappa shape index (κ3) is 3.89. The molecule has 0 bridgehead atoms. The van der Waals surface area contributed by atoms with Crippen molar-refractivity contribution in [1.82, 2.24) is 5.32 Å². The van der Waals surface area contributed by atoms with Crippen molar-refractivity contribution in [3.63, 3.8) is 0 Å². The van der Waals surface area contributed by atoms with Crippen molar-refractivity contribution in [1.29, 1.82) is 0 Å². The fourth-order valence-electron chi connectivity index (χ4n) is 2.36. The monoisotopic (exact) mass is 300 g/mol. The van der Waals surface area contributed by atoms with E-state index in [9.17, 15) is 18.0 Å². The minimum absolute atomic E-state index is 0.0149. The number of para-hydroxylation sites is 1. The van der Waals surface area contributed by atoms with Gasteiger partial charge in [0.25, 0.3) is 5.91 Å². The summed E-state index contributed by atoms with van der Waals surface area (Å²) in [5.41, 5.74) is 3.93. The van der Waals surface area contributed by atoms with Crippen LogP contribution in [0, 0.1) is 5.92 Å². The zero-order valence-electron chi connectivity index (χ0n) is 11.8. The number of amides is 1. The molecule has 1 aliphatic rings. The normalized spacial score (nSPS) is 16.6. The summed E-state index contributed by atoms with van der Waals surface area (Å²) in [5.74, 6) is 0.0974. The molecule has 0 aromatic heterocycles. The molecule has 0 heterocycles. The highest BCUT2D eigenvalue weighted by atomic mass is 19.4. The molecule has 0 aliphatic heterocycles.